The van der Waals surface area contributed by atoms with Crippen LogP contribution >= 0.6 is 0 Å². The van der Waals surface area contributed by atoms with Gasteiger partial charge < -0.3 is 10.8 Å². The highest BCUT2D eigenvalue weighted by molar-refractivity contribution is 5.81. The molecule has 0 saturated heterocycles. The molecular formula is C18H16FN5O. The van der Waals surface area contributed by atoms with Gasteiger partial charge in [-0.2, -0.15) is 4.98 Å². The second-order valence-corrected chi connectivity index (χ2v) is 6.20. The number of hydrogen-bond donors (Lipinski definition) is 2. The SMILES string of the molecule is Nc1ncc(F)c(-n2ccc3cnc(C#CC4(O)CCCC4)cc32)n1. The molecule has 0 radical (unpaired) electrons. The molecule has 1 aliphatic rings. The Labute approximate surface area is 143 Å². The third kappa shape index (κ3) is 2.92. The molecule has 1 fully saturated rings. The van der Waals surface area contributed by atoms with Gasteiger partial charge in [-0.15, -0.1) is 0 Å². The number of hydrogen-bond acceptors (Lipinski definition) is 5. The van der Waals surface area contributed by atoms with Crippen LogP contribution in [0, 0.1) is 17.7 Å². The summed E-state index contributed by atoms with van der Waals surface area (Å²) < 4.78 is 15.7. The van der Waals surface area contributed by atoms with E-state index in [1.807, 2.05) is 6.07 Å². The van der Waals surface area contributed by atoms with Gasteiger partial charge >= 0.3 is 0 Å². The van der Waals surface area contributed by atoms with Crippen LogP contribution < -0.4 is 5.73 Å². The highest BCUT2D eigenvalue weighted by Crippen LogP contribution is 2.28. The second-order valence-electron chi connectivity index (χ2n) is 6.20. The number of aromatic nitrogens is 4. The quantitative estimate of drug-likeness (QED) is 0.664. The molecule has 0 spiro atoms. The Morgan fingerprint density at radius 1 is 1.24 bits per heavy atom. The minimum absolute atomic E-state index is 0.00391. The zero-order valence-electron chi connectivity index (χ0n) is 13.4. The molecule has 4 rings (SSSR count). The van der Waals surface area contributed by atoms with Crippen LogP contribution in [0.5, 0.6) is 0 Å². The molecule has 6 nitrogen and oxygen atoms in total. The van der Waals surface area contributed by atoms with Crippen molar-refractivity contribution in [3.05, 3.63) is 42.2 Å². The Kier molecular flexibility index (Phi) is 3.62. The summed E-state index contributed by atoms with van der Waals surface area (Å²) in [7, 11) is 0. The van der Waals surface area contributed by atoms with E-state index in [2.05, 4.69) is 26.8 Å². The summed E-state index contributed by atoms with van der Waals surface area (Å²) in [6.45, 7) is 0. The van der Waals surface area contributed by atoms with E-state index in [1.54, 1.807) is 23.0 Å². The van der Waals surface area contributed by atoms with E-state index < -0.39 is 11.4 Å². The summed E-state index contributed by atoms with van der Waals surface area (Å²) in [5.41, 5.74) is 5.86. The summed E-state index contributed by atoms with van der Waals surface area (Å²) in [5.74, 6) is 5.36. The molecule has 0 unspecified atom stereocenters. The minimum atomic E-state index is -0.925. The lowest BCUT2D eigenvalue weighted by Crippen LogP contribution is -2.20. The lowest BCUT2D eigenvalue weighted by atomic mass is 10.0. The average molecular weight is 337 g/mol. The number of rotatable bonds is 1. The van der Waals surface area contributed by atoms with E-state index in [-0.39, 0.29) is 11.8 Å². The van der Waals surface area contributed by atoms with Crippen LogP contribution in [-0.4, -0.2) is 30.2 Å². The number of nitrogens with two attached hydrogens (primary N) is 1. The molecule has 3 aromatic heterocycles. The fraction of sp³-hybridized carbons (Fsp3) is 0.278. The van der Waals surface area contributed by atoms with Crippen LogP contribution in [0.3, 0.4) is 0 Å². The molecule has 3 aromatic rings. The van der Waals surface area contributed by atoms with Gasteiger partial charge in [-0.25, -0.2) is 14.4 Å². The van der Waals surface area contributed by atoms with E-state index in [0.29, 0.717) is 24.1 Å². The van der Waals surface area contributed by atoms with Crippen molar-refractivity contribution in [1.29, 1.82) is 0 Å². The van der Waals surface area contributed by atoms with Crippen LogP contribution in [0.15, 0.2) is 30.7 Å². The van der Waals surface area contributed by atoms with Gasteiger partial charge in [0.05, 0.1) is 11.7 Å². The van der Waals surface area contributed by atoms with E-state index >= 15 is 0 Å². The van der Waals surface area contributed by atoms with Crippen molar-refractivity contribution in [2.75, 3.05) is 5.73 Å². The molecule has 1 saturated carbocycles. The highest BCUT2D eigenvalue weighted by Gasteiger charge is 2.28. The van der Waals surface area contributed by atoms with Gasteiger partial charge in [0.25, 0.3) is 0 Å². The first-order chi connectivity index (χ1) is 12.0. The maximum atomic E-state index is 14.1. The first-order valence-electron chi connectivity index (χ1n) is 8.05. The van der Waals surface area contributed by atoms with Crippen molar-refractivity contribution in [2.24, 2.45) is 0 Å². The zero-order valence-corrected chi connectivity index (χ0v) is 13.4. The molecule has 0 amide bonds. The summed E-state index contributed by atoms with van der Waals surface area (Å²) >= 11 is 0. The molecule has 7 heteroatoms. The Hall–Kier alpha value is -2.98. The van der Waals surface area contributed by atoms with Crippen LogP contribution in [0.1, 0.15) is 31.4 Å². The summed E-state index contributed by atoms with van der Waals surface area (Å²) in [5, 5.41) is 11.2. The smallest absolute Gasteiger partial charge is 0.222 e. The zero-order chi connectivity index (χ0) is 17.4. The number of nitrogen functional groups attached to an aromatic ring is 1. The molecule has 0 atom stereocenters. The van der Waals surface area contributed by atoms with Gasteiger partial charge in [0, 0.05) is 17.8 Å². The van der Waals surface area contributed by atoms with Crippen LogP contribution in [0.4, 0.5) is 10.3 Å². The third-order valence-electron chi connectivity index (χ3n) is 4.40. The molecule has 3 N–H and O–H groups in total. The largest absolute Gasteiger partial charge is 0.378 e. The van der Waals surface area contributed by atoms with Gasteiger partial charge in [0.1, 0.15) is 11.3 Å². The van der Waals surface area contributed by atoms with Gasteiger partial charge in [0.2, 0.25) is 5.95 Å². The normalized spacial score (nSPS) is 15.9. The molecule has 0 bridgehead atoms. The number of fused-ring (bicyclic) bond motifs is 1. The summed E-state index contributed by atoms with van der Waals surface area (Å²) in [6, 6.07) is 3.56. The number of nitrogens with zero attached hydrogens (tertiary/aromatic N) is 4. The van der Waals surface area contributed by atoms with Crippen LogP contribution in [-0.2, 0) is 0 Å². The standard InChI is InChI=1S/C18H16FN5O/c19-14-11-22-17(20)23-16(14)24-8-4-12-10-21-13(9-15(12)24)3-7-18(25)5-1-2-6-18/h4,8-11,25H,1-2,5-6H2,(H2,20,22,23). The van der Waals surface area contributed by atoms with Gasteiger partial charge in [-0.1, -0.05) is 5.92 Å². The Morgan fingerprint density at radius 2 is 2.04 bits per heavy atom. The molecule has 0 aromatic carbocycles. The second kappa shape index (κ2) is 5.83. The molecule has 126 valence electrons. The van der Waals surface area contributed by atoms with Crippen LogP contribution in [0.25, 0.3) is 16.7 Å². The lowest BCUT2D eigenvalue weighted by Gasteiger charge is -2.12. The van der Waals surface area contributed by atoms with E-state index in [1.165, 1.54) is 0 Å². The van der Waals surface area contributed by atoms with Crippen LogP contribution in [0.2, 0.25) is 0 Å². The fourth-order valence-electron chi connectivity index (χ4n) is 3.09. The molecule has 3 heterocycles. The Morgan fingerprint density at radius 3 is 2.84 bits per heavy atom. The predicted molar refractivity (Wildman–Crippen MR) is 91.3 cm³/mol. The first kappa shape index (κ1) is 15.5. The number of aliphatic hydroxyl groups is 1. The molecule has 1 aliphatic carbocycles. The predicted octanol–water partition coefficient (Wildman–Crippen LogP) is 2.19. The maximum Gasteiger partial charge on any atom is 0.222 e. The van der Waals surface area contributed by atoms with Crippen molar-refractivity contribution in [1.82, 2.24) is 19.5 Å². The van der Waals surface area contributed by atoms with Crippen molar-refractivity contribution in [3.63, 3.8) is 0 Å². The minimum Gasteiger partial charge on any atom is -0.378 e. The van der Waals surface area contributed by atoms with E-state index in [4.69, 9.17) is 5.73 Å². The topological polar surface area (TPSA) is 89.8 Å². The Bertz CT molecular complexity index is 1010. The van der Waals surface area contributed by atoms with Gasteiger partial charge in [-0.05, 0) is 43.7 Å². The fourth-order valence-corrected chi connectivity index (χ4v) is 3.09. The summed E-state index contributed by atoms with van der Waals surface area (Å²) in [4.78, 5) is 11.9. The highest BCUT2D eigenvalue weighted by atomic mass is 19.1. The molecular weight excluding hydrogens is 321 g/mol. The van der Waals surface area contributed by atoms with E-state index in [0.717, 1.165) is 24.4 Å². The molecule has 25 heavy (non-hydrogen) atoms. The van der Waals surface area contributed by atoms with Gasteiger partial charge in [-0.3, -0.25) is 4.57 Å². The average Bonchev–Trinajstić information content (AvgIpc) is 3.22. The van der Waals surface area contributed by atoms with E-state index in [9.17, 15) is 9.50 Å². The van der Waals surface area contributed by atoms with Gasteiger partial charge in [0.15, 0.2) is 11.6 Å². The third-order valence-corrected chi connectivity index (χ3v) is 4.40. The monoisotopic (exact) mass is 337 g/mol. The number of halogens is 1. The number of pyridine rings is 1. The van der Waals surface area contributed by atoms with Crippen molar-refractivity contribution in [3.8, 4) is 17.7 Å². The lowest BCUT2D eigenvalue weighted by molar-refractivity contribution is 0.110. The van der Waals surface area contributed by atoms with Crippen molar-refractivity contribution in [2.45, 2.75) is 31.3 Å². The first-order valence-corrected chi connectivity index (χ1v) is 8.05. The van der Waals surface area contributed by atoms with Crippen molar-refractivity contribution < 1.29 is 9.50 Å². The Balaban J connectivity index is 1.78. The maximum absolute atomic E-state index is 14.1. The molecule has 0 aliphatic heterocycles. The number of anilines is 1. The van der Waals surface area contributed by atoms with Crippen molar-refractivity contribution >= 4 is 16.9 Å². The summed E-state index contributed by atoms with van der Waals surface area (Å²) in [6.07, 6.45) is 7.73.